The van der Waals surface area contributed by atoms with Crippen molar-refractivity contribution in [1.82, 2.24) is 0 Å². The Morgan fingerprint density at radius 1 is 1.47 bits per heavy atom. The Morgan fingerprint density at radius 2 is 2.29 bits per heavy atom. The van der Waals surface area contributed by atoms with Crippen LogP contribution in [0.5, 0.6) is 0 Å². The zero-order valence-electron chi connectivity index (χ0n) is 10.2. The molecule has 0 heterocycles. The fourth-order valence-corrected chi connectivity index (χ4v) is 2.05. The van der Waals surface area contributed by atoms with Crippen LogP contribution in [-0.4, -0.2) is 17.4 Å². The smallest absolute Gasteiger partial charge is 0.185 e. The maximum atomic E-state index is 10.7. The number of carbonyl (C=O) groups excluding carboxylic acids is 1. The van der Waals surface area contributed by atoms with Crippen LogP contribution in [0.25, 0.3) is 6.08 Å². The predicted molar refractivity (Wildman–Crippen MR) is 76.0 cm³/mol. The predicted octanol–water partition coefficient (Wildman–Crippen LogP) is 2.87. The second-order valence-corrected chi connectivity index (χ2v) is 5.09. The number of hydrogen-bond donors (Lipinski definition) is 1. The maximum absolute atomic E-state index is 10.7. The Bertz CT molecular complexity index is 388. The lowest BCUT2D eigenvalue weighted by Gasteiger charge is -2.00. The van der Waals surface area contributed by atoms with E-state index in [0.29, 0.717) is 6.54 Å². The van der Waals surface area contributed by atoms with Crippen molar-refractivity contribution in [2.24, 2.45) is 5.73 Å². The van der Waals surface area contributed by atoms with Crippen molar-refractivity contribution in [3.63, 3.8) is 0 Å². The Labute approximate surface area is 107 Å². The minimum Gasteiger partial charge on any atom is -0.330 e. The van der Waals surface area contributed by atoms with Crippen molar-refractivity contribution in [3.8, 4) is 0 Å². The molecule has 0 bridgehead atoms. The van der Waals surface area contributed by atoms with Crippen LogP contribution < -0.4 is 5.73 Å². The van der Waals surface area contributed by atoms with Crippen LogP contribution in [0.15, 0.2) is 30.3 Å². The maximum Gasteiger partial charge on any atom is 0.185 e. The summed E-state index contributed by atoms with van der Waals surface area (Å²) in [5.74, 6) is 0.855. The number of benzene rings is 1. The third-order valence-corrected chi connectivity index (χ3v) is 3.13. The molecule has 0 aliphatic rings. The molecule has 0 aromatic heterocycles. The molecule has 0 aliphatic carbocycles. The average Bonchev–Trinajstić information content (AvgIpc) is 2.29. The summed E-state index contributed by atoms with van der Waals surface area (Å²) in [4.78, 5) is 10.7. The van der Waals surface area contributed by atoms with Gasteiger partial charge in [0.15, 0.2) is 5.12 Å². The highest BCUT2D eigenvalue weighted by molar-refractivity contribution is 8.13. The molecule has 1 aromatic rings. The van der Waals surface area contributed by atoms with Gasteiger partial charge in [0.25, 0.3) is 0 Å². The standard InChI is InChI=1S/C14H19NOS/c1-12(16)17-10-3-2-5-13-6-4-7-14(11-13)8-9-15/h2,4-7,11H,3,8-10,15H2,1H3. The minimum atomic E-state index is 0.184. The van der Waals surface area contributed by atoms with E-state index in [1.807, 2.05) is 0 Å². The van der Waals surface area contributed by atoms with E-state index >= 15 is 0 Å². The first-order valence-corrected chi connectivity index (χ1v) is 6.80. The highest BCUT2D eigenvalue weighted by atomic mass is 32.2. The largest absolute Gasteiger partial charge is 0.330 e. The van der Waals surface area contributed by atoms with Crippen LogP contribution in [0.2, 0.25) is 0 Å². The summed E-state index contributed by atoms with van der Waals surface area (Å²) < 4.78 is 0. The zero-order valence-corrected chi connectivity index (χ0v) is 11.0. The van der Waals surface area contributed by atoms with Gasteiger partial charge < -0.3 is 5.73 Å². The van der Waals surface area contributed by atoms with Crippen molar-refractivity contribution in [2.75, 3.05) is 12.3 Å². The zero-order chi connectivity index (χ0) is 12.5. The van der Waals surface area contributed by atoms with E-state index in [2.05, 4.69) is 36.4 Å². The second-order valence-electron chi connectivity index (χ2n) is 3.81. The molecular weight excluding hydrogens is 230 g/mol. The summed E-state index contributed by atoms with van der Waals surface area (Å²) in [7, 11) is 0. The van der Waals surface area contributed by atoms with Crippen LogP contribution in [0.3, 0.4) is 0 Å². The topological polar surface area (TPSA) is 43.1 Å². The Hall–Kier alpha value is -1.06. The molecule has 0 saturated heterocycles. The quantitative estimate of drug-likeness (QED) is 0.788. The fraction of sp³-hybridized carbons (Fsp3) is 0.357. The monoisotopic (exact) mass is 249 g/mol. The number of carbonyl (C=O) groups is 1. The summed E-state index contributed by atoms with van der Waals surface area (Å²) in [6.07, 6.45) is 6.05. The highest BCUT2D eigenvalue weighted by Crippen LogP contribution is 2.09. The van der Waals surface area contributed by atoms with Gasteiger partial charge in [0.05, 0.1) is 0 Å². The molecule has 0 atom stereocenters. The van der Waals surface area contributed by atoms with E-state index in [1.54, 1.807) is 6.92 Å². The lowest BCUT2D eigenvalue weighted by Crippen LogP contribution is -2.02. The fourth-order valence-electron chi connectivity index (χ4n) is 1.51. The third kappa shape index (κ3) is 6.29. The molecule has 2 N–H and O–H groups in total. The summed E-state index contributed by atoms with van der Waals surface area (Å²) in [5, 5.41) is 0.184. The third-order valence-electron chi connectivity index (χ3n) is 2.28. The first kappa shape index (κ1) is 14.0. The number of allylic oxidation sites excluding steroid dienone is 1. The number of thioether (sulfide) groups is 1. The molecule has 3 heteroatoms. The highest BCUT2D eigenvalue weighted by Gasteiger charge is 1.93. The molecule has 0 amide bonds. The van der Waals surface area contributed by atoms with Crippen LogP contribution in [0.1, 0.15) is 24.5 Å². The second kappa shape index (κ2) is 8.09. The van der Waals surface area contributed by atoms with Crippen molar-refractivity contribution in [2.45, 2.75) is 19.8 Å². The van der Waals surface area contributed by atoms with Gasteiger partial charge >= 0.3 is 0 Å². The van der Waals surface area contributed by atoms with E-state index in [-0.39, 0.29) is 5.12 Å². The molecule has 0 unspecified atom stereocenters. The van der Waals surface area contributed by atoms with Crippen LogP contribution >= 0.6 is 11.8 Å². The van der Waals surface area contributed by atoms with E-state index in [9.17, 15) is 4.79 Å². The summed E-state index contributed by atoms with van der Waals surface area (Å²) in [6.45, 7) is 2.28. The van der Waals surface area contributed by atoms with E-state index in [0.717, 1.165) is 18.6 Å². The number of nitrogens with two attached hydrogens (primary N) is 1. The first-order chi connectivity index (χ1) is 8.22. The van der Waals surface area contributed by atoms with Gasteiger partial charge in [0.1, 0.15) is 0 Å². The summed E-state index contributed by atoms with van der Waals surface area (Å²) in [6, 6.07) is 8.38. The molecule has 2 nitrogen and oxygen atoms in total. The molecule has 0 saturated carbocycles. The molecule has 0 fully saturated rings. The van der Waals surface area contributed by atoms with Gasteiger partial charge in [-0.05, 0) is 30.5 Å². The molecular formula is C14H19NOS. The van der Waals surface area contributed by atoms with Gasteiger partial charge in [-0.25, -0.2) is 0 Å². The number of hydrogen-bond acceptors (Lipinski definition) is 3. The molecule has 0 aliphatic heterocycles. The van der Waals surface area contributed by atoms with Gasteiger partial charge in [-0.1, -0.05) is 48.2 Å². The minimum absolute atomic E-state index is 0.184. The molecule has 1 rings (SSSR count). The summed E-state index contributed by atoms with van der Waals surface area (Å²) >= 11 is 1.37. The van der Waals surface area contributed by atoms with E-state index in [4.69, 9.17) is 5.73 Å². The Kier molecular flexibility index (Phi) is 6.67. The van der Waals surface area contributed by atoms with Crippen molar-refractivity contribution < 1.29 is 4.79 Å². The van der Waals surface area contributed by atoms with Gasteiger partial charge in [0, 0.05) is 12.7 Å². The first-order valence-electron chi connectivity index (χ1n) is 5.81. The average molecular weight is 249 g/mol. The van der Waals surface area contributed by atoms with Crippen molar-refractivity contribution in [3.05, 3.63) is 41.5 Å². The van der Waals surface area contributed by atoms with Gasteiger partial charge in [-0.3, -0.25) is 4.79 Å². The van der Waals surface area contributed by atoms with Crippen molar-refractivity contribution >= 4 is 23.0 Å². The molecule has 1 aromatic carbocycles. The van der Waals surface area contributed by atoms with Crippen LogP contribution in [-0.2, 0) is 11.2 Å². The van der Waals surface area contributed by atoms with Gasteiger partial charge in [-0.2, -0.15) is 0 Å². The van der Waals surface area contributed by atoms with Gasteiger partial charge in [0.2, 0.25) is 0 Å². The van der Waals surface area contributed by atoms with Crippen LogP contribution in [0, 0.1) is 0 Å². The molecule has 0 spiro atoms. The van der Waals surface area contributed by atoms with Gasteiger partial charge in [-0.15, -0.1) is 0 Å². The van der Waals surface area contributed by atoms with E-state index in [1.165, 1.54) is 22.9 Å². The summed E-state index contributed by atoms with van der Waals surface area (Å²) in [5.41, 5.74) is 7.99. The van der Waals surface area contributed by atoms with Crippen LogP contribution in [0.4, 0.5) is 0 Å². The number of rotatable bonds is 6. The van der Waals surface area contributed by atoms with E-state index < -0.39 is 0 Å². The molecule has 0 radical (unpaired) electrons. The lowest BCUT2D eigenvalue weighted by molar-refractivity contribution is -0.109. The molecule has 92 valence electrons. The lowest BCUT2D eigenvalue weighted by atomic mass is 10.1. The SMILES string of the molecule is CC(=O)SCCC=Cc1cccc(CCN)c1. The Morgan fingerprint density at radius 3 is 3.00 bits per heavy atom. The molecule has 17 heavy (non-hydrogen) atoms. The van der Waals surface area contributed by atoms with Crippen molar-refractivity contribution in [1.29, 1.82) is 0 Å². The normalized spacial score (nSPS) is 10.9. The Balaban J connectivity index is 2.42.